The summed E-state index contributed by atoms with van der Waals surface area (Å²) in [6.07, 6.45) is 19.6. The van der Waals surface area contributed by atoms with Gasteiger partial charge in [-0.3, -0.25) is 4.79 Å². The van der Waals surface area contributed by atoms with Crippen molar-refractivity contribution >= 4 is 28.3 Å². The fourth-order valence-electron chi connectivity index (χ4n) is 8.63. The van der Waals surface area contributed by atoms with E-state index < -0.39 is 0 Å². The maximum absolute atomic E-state index is 13.7. The molecule has 1 aromatic heterocycles. The Balaban J connectivity index is 0.000000244. The average Bonchev–Trinajstić information content (AvgIpc) is 3.95. The number of H-pyrrole nitrogens is 1. The van der Waals surface area contributed by atoms with E-state index in [9.17, 15) is 9.18 Å². The molecule has 1 saturated heterocycles. The van der Waals surface area contributed by atoms with E-state index in [-0.39, 0.29) is 17.7 Å². The van der Waals surface area contributed by atoms with Crippen LogP contribution in [0.1, 0.15) is 123 Å². The Labute approximate surface area is 363 Å². The van der Waals surface area contributed by atoms with Gasteiger partial charge in [0.1, 0.15) is 17.6 Å². The molecule has 0 bridgehead atoms. The van der Waals surface area contributed by atoms with Crippen LogP contribution < -0.4 is 15.2 Å². The lowest BCUT2D eigenvalue weighted by atomic mass is 9.83. The van der Waals surface area contributed by atoms with Crippen LogP contribution in [0, 0.1) is 17.7 Å². The number of piperidine rings is 1. The van der Waals surface area contributed by atoms with E-state index >= 15 is 0 Å². The van der Waals surface area contributed by atoms with Gasteiger partial charge in [-0.25, -0.2) is 4.39 Å². The number of fused-ring (bicyclic) bond motifs is 1. The number of benzene rings is 3. The lowest BCUT2D eigenvalue weighted by Crippen LogP contribution is -2.43. The Bertz CT molecular complexity index is 2130. The summed E-state index contributed by atoms with van der Waals surface area (Å²) in [5.41, 5.74) is 11.0. The minimum Gasteiger partial charge on any atom is -0.490 e. The summed E-state index contributed by atoms with van der Waals surface area (Å²) in [7, 11) is 0. The Morgan fingerprint density at radius 2 is 1.70 bits per heavy atom. The highest BCUT2D eigenvalue weighted by atomic mass is 35.5. The van der Waals surface area contributed by atoms with Crippen LogP contribution in [0.5, 0.6) is 11.5 Å². The molecule has 3 N–H and O–H groups in total. The van der Waals surface area contributed by atoms with Crippen molar-refractivity contribution in [2.75, 3.05) is 13.1 Å². The zero-order valence-corrected chi connectivity index (χ0v) is 37.6. The number of hydrogen-bond donors (Lipinski definition) is 2. The Morgan fingerprint density at radius 3 is 2.35 bits per heavy atom. The van der Waals surface area contributed by atoms with Gasteiger partial charge in [-0.1, -0.05) is 127 Å². The number of carbonyl (C=O) groups excluding carboxylic acids is 1. The monoisotopic (exact) mass is 835 g/mol. The first-order valence-electron chi connectivity index (χ1n) is 22.3. The van der Waals surface area contributed by atoms with Crippen LogP contribution in [0.15, 0.2) is 114 Å². The summed E-state index contributed by atoms with van der Waals surface area (Å²) in [6, 6.07) is 21.0. The Kier molecular flexibility index (Phi) is 17.7. The molecule has 322 valence electrons. The first-order chi connectivity index (χ1) is 29.1. The predicted molar refractivity (Wildman–Crippen MR) is 249 cm³/mol. The fourth-order valence-corrected chi connectivity index (χ4v) is 8.86. The number of likely N-dealkylation sites (tertiary alicyclic amines) is 1. The van der Waals surface area contributed by atoms with Crippen molar-refractivity contribution < 1.29 is 18.7 Å². The number of aromatic nitrogens is 1. The molecular weight excluding hydrogens is 769 g/mol. The summed E-state index contributed by atoms with van der Waals surface area (Å²) in [5.74, 6) is 2.66. The van der Waals surface area contributed by atoms with E-state index in [4.69, 9.17) is 26.8 Å². The molecule has 0 spiro atoms. The van der Waals surface area contributed by atoms with Crippen LogP contribution >= 0.6 is 11.6 Å². The number of unbranched alkanes of at least 4 members (excludes halogenated alkanes) is 2. The van der Waals surface area contributed by atoms with E-state index in [0.29, 0.717) is 39.6 Å². The van der Waals surface area contributed by atoms with Crippen molar-refractivity contribution in [3.8, 4) is 22.6 Å². The minimum absolute atomic E-state index is 0.150. The van der Waals surface area contributed by atoms with Crippen molar-refractivity contribution in [1.29, 1.82) is 0 Å². The van der Waals surface area contributed by atoms with Gasteiger partial charge in [-0.05, 0) is 106 Å². The number of aromatic amines is 1. The van der Waals surface area contributed by atoms with Gasteiger partial charge in [0.15, 0.2) is 11.6 Å². The second-order valence-corrected chi connectivity index (χ2v) is 16.8. The second kappa shape index (κ2) is 22.9. The zero-order valence-electron chi connectivity index (χ0n) is 36.8. The van der Waals surface area contributed by atoms with E-state index in [2.05, 4.69) is 49.4 Å². The molecule has 0 radical (unpaired) electrons. The molecule has 2 heterocycles. The van der Waals surface area contributed by atoms with Gasteiger partial charge < -0.3 is 25.1 Å². The molecule has 1 aliphatic heterocycles. The maximum atomic E-state index is 13.7. The lowest BCUT2D eigenvalue weighted by Gasteiger charge is -2.36. The Morgan fingerprint density at radius 1 is 1.00 bits per heavy atom. The van der Waals surface area contributed by atoms with E-state index in [0.717, 1.165) is 77.5 Å². The van der Waals surface area contributed by atoms with Crippen molar-refractivity contribution in [2.45, 2.75) is 124 Å². The average molecular weight is 837 g/mol. The van der Waals surface area contributed by atoms with Gasteiger partial charge in [0.2, 0.25) is 5.78 Å². The molecule has 3 aliphatic rings. The van der Waals surface area contributed by atoms with Gasteiger partial charge in [0, 0.05) is 57.5 Å². The molecule has 2 fully saturated rings. The standard InChI is InChI=1S/C30H34ClN3O2.C20H27FO.C2H6/c1-3-23(19(2)32)30(35)28-16-20-17-29(25(18-27(20)33-28)24-10-6-7-11-26(24)31)36-22-12-14-34(15-13-22)21-8-4-5-9-21;1-4-5-6-9-15(2)17-12-13-19(16(3)14-17)22-20-11-8-7-10-18(20)21;1-2/h3,6-7,10-11,16-18,21-22,33H,1,4-5,8-9,12-15,32H2,2H3;7-8,10-11,13-15,17H,4-6,9,12H2,1-3H3;1-2H3/b23-19-;;. The summed E-state index contributed by atoms with van der Waals surface area (Å²) in [5, 5.41) is 1.57. The number of carbonyl (C=O) groups is 1. The number of halogens is 2. The van der Waals surface area contributed by atoms with Crippen LogP contribution in [-0.2, 0) is 0 Å². The number of ketones is 1. The quantitative estimate of drug-likeness (QED) is 0.0572. The van der Waals surface area contributed by atoms with Gasteiger partial charge >= 0.3 is 0 Å². The first-order valence-corrected chi connectivity index (χ1v) is 22.7. The molecule has 4 aromatic rings. The first kappa shape index (κ1) is 46.5. The van der Waals surface area contributed by atoms with Crippen LogP contribution in [-0.4, -0.2) is 40.9 Å². The maximum Gasteiger partial charge on any atom is 0.210 e. The molecule has 60 heavy (non-hydrogen) atoms. The number of Topliss-reactive ketones (excluding diaryl/α,β-unsaturated/α-hetero) is 1. The van der Waals surface area contributed by atoms with Crippen LogP contribution in [0.3, 0.4) is 0 Å². The summed E-state index contributed by atoms with van der Waals surface area (Å²) >= 11 is 6.61. The van der Waals surface area contributed by atoms with Gasteiger partial charge in [0.05, 0.1) is 5.69 Å². The number of nitrogens with two attached hydrogens (primary N) is 1. The van der Waals surface area contributed by atoms with Crippen molar-refractivity contribution in [1.82, 2.24) is 9.88 Å². The third kappa shape index (κ3) is 12.0. The number of nitrogens with one attached hydrogen (secondary N) is 1. The largest absolute Gasteiger partial charge is 0.490 e. The van der Waals surface area contributed by atoms with Gasteiger partial charge in [-0.15, -0.1) is 0 Å². The van der Waals surface area contributed by atoms with Crippen molar-refractivity contribution in [3.05, 3.63) is 131 Å². The third-order valence-electron chi connectivity index (χ3n) is 12.1. The zero-order chi connectivity index (χ0) is 43.2. The molecular formula is C52H67ClFN3O3. The summed E-state index contributed by atoms with van der Waals surface area (Å²) < 4.78 is 26.1. The van der Waals surface area contributed by atoms with Crippen LogP contribution in [0.2, 0.25) is 5.02 Å². The third-order valence-corrected chi connectivity index (χ3v) is 12.4. The highest BCUT2D eigenvalue weighted by Crippen LogP contribution is 2.40. The number of ether oxygens (including phenoxy) is 2. The number of para-hydroxylation sites is 1. The highest BCUT2D eigenvalue weighted by molar-refractivity contribution is 6.33. The van der Waals surface area contributed by atoms with Crippen molar-refractivity contribution in [2.24, 2.45) is 17.6 Å². The number of nitrogens with zero attached hydrogens (tertiary/aromatic N) is 1. The lowest BCUT2D eigenvalue weighted by molar-refractivity contribution is 0.0772. The van der Waals surface area contributed by atoms with Gasteiger partial charge in [0.25, 0.3) is 0 Å². The second-order valence-electron chi connectivity index (χ2n) is 16.3. The smallest absolute Gasteiger partial charge is 0.210 e. The molecule has 3 aromatic carbocycles. The SMILES string of the molecule is C=C/C(C(=O)c1cc2cc(OC3CCN(C4CCCC4)CC3)c(-c3ccccc3Cl)cc2[nH]1)=C(\C)N.CC.CCCCCC(C)C1C=C(C)C(Oc2ccccc2F)=CC1. The normalized spacial score (nSPS) is 18.2. The van der Waals surface area contributed by atoms with E-state index in [1.165, 1.54) is 63.5 Å². The van der Waals surface area contributed by atoms with Gasteiger partial charge in [-0.2, -0.15) is 0 Å². The molecule has 2 aliphatic carbocycles. The number of allylic oxidation sites excluding steroid dienone is 6. The molecule has 2 unspecified atom stereocenters. The highest BCUT2D eigenvalue weighted by Gasteiger charge is 2.29. The predicted octanol–water partition coefficient (Wildman–Crippen LogP) is 14.2. The van der Waals surface area contributed by atoms with Crippen LogP contribution in [0.25, 0.3) is 22.0 Å². The number of rotatable bonds is 14. The Hall–Kier alpha value is -4.59. The molecule has 0 amide bonds. The molecule has 2 atom stereocenters. The van der Waals surface area contributed by atoms with Crippen LogP contribution in [0.4, 0.5) is 4.39 Å². The minimum atomic E-state index is -0.314. The summed E-state index contributed by atoms with van der Waals surface area (Å²) in [4.78, 5) is 19.0. The molecule has 1 saturated carbocycles. The molecule has 6 nitrogen and oxygen atoms in total. The molecule has 8 heteroatoms. The summed E-state index contributed by atoms with van der Waals surface area (Å²) in [6.45, 7) is 18.2. The fraction of sp³-hybridized carbons (Fsp3) is 0.442. The van der Waals surface area contributed by atoms with Crippen molar-refractivity contribution in [3.63, 3.8) is 0 Å². The number of hydrogen-bond acceptors (Lipinski definition) is 5. The van der Waals surface area contributed by atoms with E-state index in [1.807, 2.05) is 56.3 Å². The van der Waals surface area contributed by atoms with E-state index in [1.54, 1.807) is 25.1 Å². The topological polar surface area (TPSA) is 80.6 Å². The molecule has 7 rings (SSSR count).